The van der Waals surface area contributed by atoms with E-state index in [2.05, 4.69) is 30.1 Å². The number of benzene rings is 1. The van der Waals surface area contributed by atoms with Crippen molar-refractivity contribution in [2.75, 3.05) is 13.1 Å². The summed E-state index contributed by atoms with van der Waals surface area (Å²) in [7, 11) is 0. The second-order valence-electron chi connectivity index (χ2n) is 7.73. The van der Waals surface area contributed by atoms with E-state index in [1.165, 1.54) is 5.56 Å². The Bertz CT molecular complexity index is 943. The minimum absolute atomic E-state index is 0.0956. The normalized spacial score (nSPS) is 25.6. The zero-order chi connectivity index (χ0) is 17.7. The number of hydrogen-bond acceptors (Lipinski definition) is 3. The van der Waals surface area contributed by atoms with Crippen molar-refractivity contribution in [1.82, 2.24) is 14.9 Å². The molecule has 5 heteroatoms. The molecule has 2 fully saturated rings. The number of nitrogens with zero attached hydrogens (tertiary/aromatic N) is 2. The Labute approximate surface area is 152 Å². The van der Waals surface area contributed by atoms with Crippen LogP contribution in [0.1, 0.15) is 48.2 Å². The zero-order valence-corrected chi connectivity index (χ0v) is 14.9. The van der Waals surface area contributed by atoms with Crippen LogP contribution in [0.4, 0.5) is 0 Å². The Hall–Kier alpha value is -2.56. The number of carbonyl (C=O) groups is 1. The Morgan fingerprint density at radius 2 is 2.27 bits per heavy atom. The summed E-state index contributed by atoms with van der Waals surface area (Å²) >= 11 is 0. The zero-order valence-electron chi connectivity index (χ0n) is 14.9. The molecule has 3 atom stereocenters. The van der Waals surface area contributed by atoms with Crippen LogP contribution in [0.3, 0.4) is 0 Å². The molecule has 1 saturated carbocycles. The van der Waals surface area contributed by atoms with Crippen LogP contribution in [0.5, 0.6) is 0 Å². The van der Waals surface area contributed by atoms with Gasteiger partial charge in [-0.25, -0.2) is 4.98 Å². The van der Waals surface area contributed by atoms with E-state index in [9.17, 15) is 4.79 Å². The van der Waals surface area contributed by atoms with Crippen molar-refractivity contribution >= 4 is 16.9 Å². The summed E-state index contributed by atoms with van der Waals surface area (Å²) in [6.45, 7) is 3.71. The van der Waals surface area contributed by atoms with Gasteiger partial charge in [0.2, 0.25) is 5.91 Å². The molecule has 26 heavy (non-hydrogen) atoms. The molecule has 1 N–H and O–H groups in total. The van der Waals surface area contributed by atoms with E-state index in [0.717, 1.165) is 55.0 Å². The summed E-state index contributed by atoms with van der Waals surface area (Å²) in [6.07, 6.45) is 4.71. The third-order valence-corrected chi connectivity index (χ3v) is 5.79. The molecule has 1 aliphatic carbocycles. The van der Waals surface area contributed by atoms with Gasteiger partial charge < -0.3 is 14.3 Å². The SMILES string of the molecule is Cc1ccc2nc([C@H]3CCCN(C(=O)[C@H]4C[C@@H]4c4ccco4)C3)[nH]c2c1. The van der Waals surface area contributed by atoms with Crippen LogP contribution in [0.25, 0.3) is 11.0 Å². The van der Waals surface area contributed by atoms with E-state index in [1.54, 1.807) is 6.26 Å². The van der Waals surface area contributed by atoms with Gasteiger partial charge in [0.1, 0.15) is 11.6 Å². The first-order valence-electron chi connectivity index (χ1n) is 9.47. The van der Waals surface area contributed by atoms with Crippen LogP contribution in [-0.4, -0.2) is 33.9 Å². The molecule has 1 saturated heterocycles. The van der Waals surface area contributed by atoms with Gasteiger partial charge in [0.15, 0.2) is 0 Å². The number of furan rings is 1. The molecule has 5 rings (SSSR count). The van der Waals surface area contributed by atoms with Gasteiger partial charge >= 0.3 is 0 Å². The summed E-state index contributed by atoms with van der Waals surface area (Å²) in [6, 6.07) is 10.2. The van der Waals surface area contributed by atoms with Crippen LogP contribution in [-0.2, 0) is 4.79 Å². The average molecular weight is 349 g/mol. The average Bonchev–Trinajstić information content (AvgIpc) is 3.07. The Morgan fingerprint density at radius 3 is 3.12 bits per heavy atom. The topological polar surface area (TPSA) is 62.1 Å². The lowest BCUT2D eigenvalue weighted by atomic mass is 9.97. The lowest BCUT2D eigenvalue weighted by Crippen LogP contribution is -2.40. The van der Waals surface area contributed by atoms with Crippen LogP contribution in [0.2, 0.25) is 0 Å². The quantitative estimate of drug-likeness (QED) is 0.778. The summed E-state index contributed by atoms with van der Waals surface area (Å²) in [5, 5.41) is 0. The molecular weight excluding hydrogens is 326 g/mol. The van der Waals surface area contributed by atoms with Crippen molar-refractivity contribution < 1.29 is 9.21 Å². The van der Waals surface area contributed by atoms with Gasteiger partial charge in [0.05, 0.1) is 17.3 Å². The maximum Gasteiger partial charge on any atom is 0.226 e. The molecule has 2 aliphatic rings. The highest BCUT2D eigenvalue weighted by Crippen LogP contribution is 2.49. The first kappa shape index (κ1) is 15.7. The minimum Gasteiger partial charge on any atom is -0.469 e. The van der Waals surface area contributed by atoms with Gasteiger partial charge in [0, 0.05) is 30.8 Å². The smallest absolute Gasteiger partial charge is 0.226 e. The van der Waals surface area contributed by atoms with Crippen LogP contribution >= 0.6 is 0 Å². The Balaban J connectivity index is 1.31. The summed E-state index contributed by atoms with van der Waals surface area (Å²) in [5.41, 5.74) is 3.32. The number of H-pyrrole nitrogens is 1. The highest BCUT2D eigenvalue weighted by atomic mass is 16.3. The number of aromatic nitrogens is 2. The first-order chi connectivity index (χ1) is 12.7. The van der Waals surface area contributed by atoms with Gasteiger partial charge in [0.25, 0.3) is 0 Å². The molecular formula is C21H23N3O2. The van der Waals surface area contributed by atoms with Crippen molar-refractivity contribution in [3.05, 3.63) is 53.7 Å². The van der Waals surface area contributed by atoms with E-state index in [-0.39, 0.29) is 17.7 Å². The fraction of sp³-hybridized carbons (Fsp3) is 0.429. The summed E-state index contributed by atoms with van der Waals surface area (Å²) in [5.74, 6) is 2.90. The Morgan fingerprint density at radius 1 is 1.35 bits per heavy atom. The lowest BCUT2D eigenvalue weighted by Gasteiger charge is -2.32. The van der Waals surface area contributed by atoms with Crippen molar-refractivity contribution in [2.45, 2.75) is 38.0 Å². The number of nitrogens with one attached hydrogen (secondary N) is 1. The number of aromatic amines is 1. The molecule has 2 aromatic heterocycles. The summed E-state index contributed by atoms with van der Waals surface area (Å²) in [4.78, 5) is 23.2. The molecule has 3 heterocycles. The number of piperidine rings is 1. The lowest BCUT2D eigenvalue weighted by molar-refractivity contribution is -0.134. The number of fused-ring (bicyclic) bond motifs is 1. The second kappa shape index (κ2) is 6.01. The largest absolute Gasteiger partial charge is 0.469 e. The number of rotatable bonds is 3. The maximum atomic E-state index is 12.9. The van der Waals surface area contributed by atoms with Crippen LogP contribution in [0.15, 0.2) is 41.0 Å². The Kier molecular flexibility index (Phi) is 3.62. The van der Waals surface area contributed by atoms with Crippen molar-refractivity contribution in [1.29, 1.82) is 0 Å². The van der Waals surface area contributed by atoms with Crippen molar-refractivity contribution in [2.24, 2.45) is 5.92 Å². The highest BCUT2D eigenvalue weighted by molar-refractivity contribution is 5.83. The molecule has 134 valence electrons. The van der Waals surface area contributed by atoms with Gasteiger partial charge in [-0.05, 0) is 56.0 Å². The van der Waals surface area contributed by atoms with E-state index < -0.39 is 0 Å². The first-order valence-corrected chi connectivity index (χ1v) is 9.47. The molecule has 0 spiro atoms. The number of amides is 1. The second-order valence-corrected chi connectivity index (χ2v) is 7.73. The molecule has 0 bridgehead atoms. The third kappa shape index (κ3) is 2.71. The van der Waals surface area contributed by atoms with E-state index in [1.807, 2.05) is 17.0 Å². The number of likely N-dealkylation sites (tertiary alicyclic amines) is 1. The molecule has 1 aliphatic heterocycles. The molecule has 0 radical (unpaired) electrons. The molecule has 3 aromatic rings. The molecule has 0 unspecified atom stereocenters. The van der Waals surface area contributed by atoms with Crippen molar-refractivity contribution in [3.63, 3.8) is 0 Å². The van der Waals surface area contributed by atoms with Gasteiger partial charge in [-0.1, -0.05) is 6.07 Å². The van der Waals surface area contributed by atoms with E-state index >= 15 is 0 Å². The van der Waals surface area contributed by atoms with E-state index in [4.69, 9.17) is 9.40 Å². The maximum absolute atomic E-state index is 12.9. The molecule has 1 aromatic carbocycles. The number of carbonyl (C=O) groups excluding carboxylic acids is 1. The molecule has 1 amide bonds. The van der Waals surface area contributed by atoms with Crippen molar-refractivity contribution in [3.8, 4) is 0 Å². The number of hydrogen-bond donors (Lipinski definition) is 1. The predicted molar refractivity (Wildman–Crippen MR) is 98.9 cm³/mol. The summed E-state index contributed by atoms with van der Waals surface area (Å²) < 4.78 is 5.47. The predicted octanol–water partition coefficient (Wildman–Crippen LogP) is 3.97. The number of imidazole rings is 1. The van der Waals surface area contributed by atoms with Crippen LogP contribution in [0, 0.1) is 12.8 Å². The fourth-order valence-corrected chi connectivity index (χ4v) is 4.26. The minimum atomic E-state index is 0.0956. The fourth-order valence-electron chi connectivity index (χ4n) is 4.26. The van der Waals surface area contributed by atoms with Crippen LogP contribution < -0.4 is 0 Å². The monoisotopic (exact) mass is 349 g/mol. The van der Waals surface area contributed by atoms with Gasteiger partial charge in [-0.2, -0.15) is 0 Å². The highest BCUT2D eigenvalue weighted by Gasteiger charge is 2.48. The number of aryl methyl sites for hydroxylation is 1. The molecule has 5 nitrogen and oxygen atoms in total. The standard InChI is InChI=1S/C21H23N3O2/c1-13-6-7-17-18(10-13)23-20(22-17)14-4-2-8-24(12-14)21(25)16-11-15(16)19-5-3-9-26-19/h3,5-7,9-10,14-16H,2,4,8,11-12H2,1H3,(H,22,23)/t14-,15-,16-/m0/s1. The van der Waals surface area contributed by atoms with Gasteiger partial charge in [-0.15, -0.1) is 0 Å². The van der Waals surface area contributed by atoms with Gasteiger partial charge in [-0.3, -0.25) is 4.79 Å². The third-order valence-electron chi connectivity index (χ3n) is 5.79. The van der Waals surface area contributed by atoms with E-state index in [0.29, 0.717) is 5.92 Å².